The zero-order chi connectivity index (χ0) is 32.9. The normalized spacial score (nSPS) is 10.6. The van der Waals surface area contributed by atoms with Gasteiger partial charge in [0.25, 0.3) is 0 Å². The monoisotopic (exact) mass is 890 g/mol. The van der Waals surface area contributed by atoms with E-state index in [1.807, 2.05) is 15.6 Å². The van der Waals surface area contributed by atoms with Crippen LogP contribution in [0, 0.1) is 58.2 Å². The molecule has 232 valence electrons. The second-order valence-corrected chi connectivity index (χ2v) is 14.9. The van der Waals surface area contributed by atoms with E-state index in [4.69, 9.17) is 0 Å². The average Bonchev–Trinajstić information content (AvgIpc) is 3.01. The predicted molar refractivity (Wildman–Crippen MR) is 153 cm³/mol. The molecule has 0 fully saturated rings. The first-order valence-corrected chi connectivity index (χ1v) is 15.4. The van der Waals surface area contributed by atoms with Crippen LogP contribution < -0.4 is 4.90 Å². The van der Waals surface area contributed by atoms with Crippen molar-refractivity contribution in [1.29, 1.82) is 0 Å². The van der Waals surface area contributed by atoms with Crippen molar-refractivity contribution in [3.63, 3.8) is 0 Å². The van der Waals surface area contributed by atoms with Gasteiger partial charge >= 0.3 is 278 Å². The Labute approximate surface area is 276 Å². The number of rotatable bonds is 8. The quantitative estimate of drug-likeness (QED) is 0.104. The number of hydrogen-bond donors (Lipinski definition) is 0. The number of benzene rings is 4. The summed E-state index contributed by atoms with van der Waals surface area (Å²) in [5.74, 6) is -25.3. The minimum atomic E-state index is -2.58. The zero-order valence-corrected chi connectivity index (χ0v) is 28.8. The van der Waals surface area contributed by atoms with Gasteiger partial charge in [-0.2, -0.15) is 0 Å². The van der Waals surface area contributed by atoms with Gasteiger partial charge < -0.3 is 0 Å². The summed E-state index contributed by atoms with van der Waals surface area (Å²) in [5, 5.41) is 0. The molecule has 4 aromatic carbocycles. The fourth-order valence-corrected chi connectivity index (χ4v) is 5.05. The molecular weight excluding hydrogens is 870 g/mol. The van der Waals surface area contributed by atoms with Gasteiger partial charge in [-0.15, -0.1) is 0 Å². The topological polar surface area (TPSA) is 6.48 Å². The first kappa shape index (κ1) is 36.1. The molecule has 0 aliphatic heterocycles. The van der Waals surface area contributed by atoms with E-state index in [9.17, 15) is 43.9 Å². The van der Waals surface area contributed by atoms with Gasteiger partial charge in [0.1, 0.15) is 0 Å². The second kappa shape index (κ2) is 15.7. The Morgan fingerprint density at radius 2 is 0.727 bits per heavy atom. The third-order valence-electron chi connectivity index (χ3n) is 5.71. The van der Waals surface area contributed by atoms with Gasteiger partial charge in [-0.05, 0) is 0 Å². The third-order valence-corrected chi connectivity index (χ3v) is 7.65. The van der Waals surface area contributed by atoms with Gasteiger partial charge in [0.2, 0.25) is 0 Å². The fourth-order valence-electron chi connectivity index (χ4n) is 3.68. The molecule has 0 heterocycles. The Balaban J connectivity index is 0.000000257. The fraction of sp³-hybridized carbons (Fsp3) is 0.0714. The van der Waals surface area contributed by atoms with Crippen LogP contribution >= 0.6 is 0 Å². The molecule has 0 aliphatic rings. The van der Waals surface area contributed by atoms with Crippen molar-refractivity contribution < 1.29 is 43.9 Å². The standard InChI is InChI=1S/C15H15NSe2.C13HF10NSe2/c17-15(18)16(11-13-7-3-1-4-8-13)12-14-9-5-2-6-10-14;14-1-3(16)7(20)11(8(21)4(1)17)24(13(25)26)12-9(22)5(18)2(15)6(19)10(12)23/h1-10H,11-12H2,(H,17,18);(H,25,26). The Bertz CT molecular complexity index is 1520. The average molecular weight is 886 g/mol. The van der Waals surface area contributed by atoms with Gasteiger partial charge in [-0.1, -0.05) is 0 Å². The van der Waals surface area contributed by atoms with Crippen LogP contribution in [0.25, 0.3) is 0 Å². The molecule has 0 radical (unpaired) electrons. The number of halogens is 10. The second-order valence-electron chi connectivity index (χ2n) is 8.56. The van der Waals surface area contributed by atoms with E-state index in [0.29, 0.717) is 0 Å². The van der Waals surface area contributed by atoms with Crippen LogP contribution in [-0.4, -0.2) is 75.0 Å². The molecule has 2 nitrogen and oxygen atoms in total. The van der Waals surface area contributed by atoms with Gasteiger partial charge in [-0.3, -0.25) is 0 Å². The summed E-state index contributed by atoms with van der Waals surface area (Å²) in [7, 11) is 0. The first-order valence-electron chi connectivity index (χ1n) is 11.8. The van der Waals surface area contributed by atoms with Crippen molar-refractivity contribution in [2.75, 3.05) is 4.90 Å². The molecule has 4 rings (SSSR count). The molecule has 0 aliphatic carbocycles. The molecule has 16 heteroatoms. The van der Waals surface area contributed by atoms with Crippen LogP contribution in [0.3, 0.4) is 0 Å². The summed E-state index contributed by atoms with van der Waals surface area (Å²) in [4.78, 5) is 1.96. The molecule has 0 N–H and O–H groups in total. The van der Waals surface area contributed by atoms with Crippen molar-refractivity contribution >= 4 is 81.4 Å². The van der Waals surface area contributed by atoms with Crippen molar-refractivity contribution in [3.8, 4) is 0 Å². The van der Waals surface area contributed by atoms with E-state index in [1.165, 1.54) is 27.1 Å². The summed E-state index contributed by atoms with van der Waals surface area (Å²) in [6.07, 6.45) is 0. The third kappa shape index (κ3) is 8.05. The summed E-state index contributed by atoms with van der Waals surface area (Å²) in [6.45, 7) is 1.85. The first-order chi connectivity index (χ1) is 20.7. The van der Waals surface area contributed by atoms with Crippen LogP contribution in [0.4, 0.5) is 55.3 Å². The number of nitrogens with zero attached hydrogens (tertiary/aromatic N) is 2. The van der Waals surface area contributed by atoms with E-state index in [0.717, 1.165) is 16.5 Å². The molecule has 0 atom stereocenters. The Kier molecular flexibility index (Phi) is 12.9. The van der Waals surface area contributed by atoms with Crippen molar-refractivity contribution in [2.45, 2.75) is 13.1 Å². The van der Waals surface area contributed by atoms with Crippen LogP contribution in [0.5, 0.6) is 0 Å². The van der Waals surface area contributed by atoms with E-state index in [1.54, 1.807) is 0 Å². The molecule has 0 saturated heterocycles. The Morgan fingerprint density at radius 1 is 0.455 bits per heavy atom. The van der Waals surface area contributed by atoms with E-state index in [-0.39, 0.29) is 4.90 Å². The van der Waals surface area contributed by atoms with Crippen molar-refractivity contribution in [1.82, 2.24) is 4.90 Å². The number of anilines is 2. The maximum atomic E-state index is 13.9. The van der Waals surface area contributed by atoms with Crippen LogP contribution in [0.15, 0.2) is 60.7 Å². The maximum absolute atomic E-state index is 13.9. The molecule has 0 bridgehead atoms. The van der Waals surface area contributed by atoms with Crippen molar-refractivity contribution in [3.05, 3.63) is 130 Å². The summed E-state index contributed by atoms with van der Waals surface area (Å²) in [5.41, 5.74) is -1.24. The Hall–Kier alpha value is -2.40. The van der Waals surface area contributed by atoms with Gasteiger partial charge in [0.05, 0.1) is 0 Å². The van der Waals surface area contributed by atoms with Gasteiger partial charge in [0.15, 0.2) is 0 Å². The van der Waals surface area contributed by atoms with E-state index >= 15 is 0 Å². The van der Waals surface area contributed by atoms with Gasteiger partial charge in [-0.25, -0.2) is 0 Å². The van der Waals surface area contributed by atoms with Crippen LogP contribution in [-0.2, 0) is 13.1 Å². The Morgan fingerprint density at radius 3 is 0.977 bits per heavy atom. The molecule has 44 heavy (non-hydrogen) atoms. The molecule has 0 saturated carbocycles. The van der Waals surface area contributed by atoms with Gasteiger partial charge in [0, 0.05) is 0 Å². The molecule has 4 aromatic rings. The number of hydrogen-bond acceptors (Lipinski definition) is 2. The molecule has 0 aromatic heterocycles. The predicted octanol–water partition coefficient (Wildman–Crippen LogP) is 5.22. The summed E-state index contributed by atoms with van der Waals surface area (Å²) >= 11 is 8.97. The molecule has 0 unspecified atom stereocenters. The molecule has 0 spiro atoms. The summed E-state index contributed by atoms with van der Waals surface area (Å²) < 4.78 is 136. The summed E-state index contributed by atoms with van der Waals surface area (Å²) in [6, 6.07) is 21.1. The molecular formula is C28H16F10N2Se4. The zero-order valence-electron chi connectivity index (χ0n) is 21.6. The van der Waals surface area contributed by atoms with Crippen molar-refractivity contribution in [2.24, 2.45) is 0 Å². The van der Waals surface area contributed by atoms with Crippen LogP contribution in [0.2, 0.25) is 0 Å². The minimum absolute atomic E-state index is 0.369. The molecule has 0 amide bonds. The van der Waals surface area contributed by atoms with Crippen LogP contribution in [0.1, 0.15) is 11.1 Å². The van der Waals surface area contributed by atoms with E-state index < -0.39 is 73.0 Å². The SMILES string of the molecule is Fc1c(F)c(F)c(N(C(=[Se])[SeH])c2c(F)c(F)c(F)c(F)c2F)c(F)c1F.[Se]=C([SeH])N(Cc1ccccc1)Cc1ccccc1. The van der Waals surface area contributed by atoms with E-state index in [2.05, 4.69) is 97.2 Å².